The lowest BCUT2D eigenvalue weighted by Gasteiger charge is -2.06. The van der Waals surface area contributed by atoms with Gasteiger partial charge in [-0.1, -0.05) is 60.7 Å². The van der Waals surface area contributed by atoms with Crippen molar-refractivity contribution in [1.29, 1.82) is 0 Å². The molecule has 7 heteroatoms. The van der Waals surface area contributed by atoms with E-state index < -0.39 is 6.03 Å². The molecule has 0 saturated heterocycles. The Morgan fingerprint density at radius 1 is 0.583 bits per heavy atom. The van der Waals surface area contributed by atoms with E-state index in [1.165, 1.54) is 0 Å². The van der Waals surface area contributed by atoms with Crippen LogP contribution in [0.5, 0.6) is 11.5 Å². The molecule has 0 fully saturated rings. The van der Waals surface area contributed by atoms with Gasteiger partial charge in [0.25, 0.3) is 0 Å². The van der Waals surface area contributed by atoms with Gasteiger partial charge >= 0.3 is 6.03 Å². The van der Waals surface area contributed by atoms with Crippen LogP contribution in [-0.2, 0) is 13.2 Å². The fraction of sp³-hybridized carbons (Fsp3) is 0.0690. The van der Waals surface area contributed by atoms with Gasteiger partial charge < -0.3 is 9.47 Å². The molecule has 0 atom stereocenters. The summed E-state index contributed by atoms with van der Waals surface area (Å²) in [6, 6.07) is 34.2. The van der Waals surface area contributed by atoms with Crippen LogP contribution in [0.15, 0.2) is 119 Å². The number of rotatable bonds is 10. The van der Waals surface area contributed by atoms with E-state index in [1.54, 1.807) is 12.4 Å². The van der Waals surface area contributed by atoms with Crippen LogP contribution in [0.2, 0.25) is 0 Å². The Morgan fingerprint density at radius 3 is 1.36 bits per heavy atom. The fourth-order valence-electron chi connectivity index (χ4n) is 3.14. The van der Waals surface area contributed by atoms with E-state index in [9.17, 15) is 4.79 Å². The highest BCUT2D eigenvalue weighted by Gasteiger charge is 1.99. The van der Waals surface area contributed by atoms with Gasteiger partial charge in [0.2, 0.25) is 0 Å². The van der Waals surface area contributed by atoms with Crippen LogP contribution in [0.25, 0.3) is 0 Å². The first-order valence-electron chi connectivity index (χ1n) is 11.4. The molecule has 4 aromatic carbocycles. The first-order valence-corrected chi connectivity index (χ1v) is 11.4. The lowest BCUT2D eigenvalue weighted by Crippen LogP contribution is -2.28. The molecule has 2 amide bonds. The van der Waals surface area contributed by atoms with Gasteiger partial charge in [-0.15, -0.1) is 0 Å². The van der Waals surface area contributed by atoms with Crippen molar-refractivity contribution in [2.24, 2.45) is 10.2 Å². The summed E-state index contributed by atoms with van der Waals surface area (Å²) >= 11 is 0. The zero-order valence-corrected chi connectivity index (χ0v) is 19.6. The van der Waals surface area contributed by atoms with Crippen LogP contribution in [0.1, 0.15) is 22.3 Å². The molecule has 0 aliphatic rings. The molecule has 2 N–H and O–H groups in total. The number of ether oxygens (including phenoxy) is 2. The number of urea groups is 1. The molecule has 7 nitrogen and oxygen atoms in total. The van der Waals surface area contributed by atoms with Crippen molar-refractivity contribution in [2.45, 2.75) is 13.2 Å². The number of nitrogens with one attached hydrogen (secondary N) is 2. The Hall–Kier alpha value is -4.91. The largest absolute Gasteiger partial charge is 0.489 e. The number of carbonyl (C=O) groups is 1. The summed E-state index contributed by atoms with van der Waals surface area (Å²) in [6.07, 6.45) is 3.08. The van der Waals surface area contributed by atoms with Crippen molar-refractivity contribution in [3.05, 3.63) is 131 Å². The fourth-order valence-corrected chi connectivity index (χ4v) is 3.14. The standard InChI is InChI=1S/C29H26N4O3/c34-29(32-30-19-23-11-15-27(16-12-23)35-21-25-7-3-1-4-8-25)33-31-20-24-13-17-28(18-14-24)36-22-26-9-5-2-6-10-26/h1-20H,21-22H2,(H2,32,33,34)/b30-19-,31-20-. The van der Waals surface area contributed by atoms with Crippen LogP contribution in [-0.4, -0.2) is 18.5 Å². The average Bonchev–Trinajstić information content (AvgIpc) is 2.93. The van der Waals surface area contributed by atoms with E-state index >= 15 is 0 Å². The Morgan fingerprint density at radius 2 is 0.972 bits per heavy atom. The van der Waals surface area contributed by atoms with Gasteiger partial charge in [0.05, 0.1) is 12.4 Å². The quantitative estimate of drug-likeness (QED) is 0.233. The molecule has 0 saturated carbocycles. The Balaban J connectivity index is 1.16. The van der Waals surface area contributed by atoms with Crippen molar-refractivity contribution >= 4 is 18.5 Å². The summed E-state index contributed by atoms with van der Waals surface area (Å²) in [5.41, 5.74) is 8.59. The van der Waals surface area contributed by atoms with Gasteiger partial charge in [0, 0.05) is 0 Å². The lowest BCUT2D eigenvalue weighted by molar-refractivity contribution is 0.242. The van der Waals surface area contributed by atoms with E-state index in [0.717, 1.165) is 33.8 Å². The van der Waals surface area contributed by atoms with Crippen molar-refractivity contribution in [3.63, 3.8) is 0 Å². The molecule has 4 aromatic rings. The maximum Gasteiger partial charge on any atom is 0.355 e. The number of hydrogen-bond acceptors (Lipinski definition) is 5. The van der Waals surface area contributed by atoms with Gasteiger partial charge in [0.15, 0.2) is 0 Å². The van der Waals surface area contributed by atoms with E-state index in [4.69, 9.17) is 9.47 Å². The average molecular weight is 479 g/mol. The van der Waals surface area contributed by atoms with Crippen molar-refractivity contribution in [2.75, 3.05) is 0 Å². The third-order valence-corrected chi connectivity index (χ3v) is 5.02. The van der Waals surface area contributed by atoms with E-state index in [-0.39, 0.29) is 0 Å². The molecule has 0 unspecified atom stereocenters. The smallest absolute Gasteiger partial charge is 0.355 e. The SMILES string of the molecule is O=C(N/N=C\c1ccc(OCc2ccccc2)cc1)N/N=C\c1ccc(OCc2ccccc2)cc1. The number of nitrogens with zero attached hydrogens (tertiary/aromatic N) is 2. The van der Waals surface area contributed by atoms with Crippen LogP contribution in [0.3, 0.4) is 0 Å². The van der Waals surface area contributed by atoms with Crippen molar-refractivity contribution < 1.29 is 14.3 Å². The van der Waals surface area contributed by atoms with Crippen LogP contribution in [0, 0.1) is 0 Å². The summed E-state index contributed by atoms with van der Waals surface area (Å²) in [4.78, 5) is 11.9. The molecule has 4 rings (SSSR count). The summed E-state index contributed by atoms with van der Waals surface area (Å²) in [6.45, 7) is 1.01. The Labute approximate surface area is 210 Å². The lowest BCUT2D eigenvalue weighted by atomic mass is 10.2. The first kappa shape index (κ1) is 24.2. The molecule has 0 aliphatic carbocycles. The molecule has 0 bridgehead atoms. The second kappa shape index (κ2) is 13.1. The molecular weight excluding hydrogens is 452 g/mol. The second-order valence-electron chi connectivity index (χ2n) is 7.76. The van der Waals surface area contributed by atoms with Crippen molar-refractivity contribution in [1.82, 2.24) is 10.9 Å². The number of hydrazone groups is 2. The predicted molar refractivity (Wildman–Crippen MR) is 141 cm³/mol. The van der Waals surface area contributed by atoms with E-state index in [1.807, 2.05) is 109 Å². The number of carbonyl (C=O) groups excluding carboxylic acids is 1. The molecule has 0 heterocycles. The molecule has 0 spiro atoms. The van der Waals surface area contributed by atoms with E-state index in [0.29, 0.717) is 13.2 Å². The van der Waals surface area contributed by atoms with Crippen molar-refractivity contribution in [3.8, 4) is 11.5 Å². The number of hydrogen-bond donors (Lipinski definition) is 2. The predicted octanol–water partition coefficient (Wildman–Crippen LogP) is 5.51. The van der Waals surface area contributed by atoms with Gasteiger partial charge in [-0.2, -0.15) is 10.2 Å². The zero-order valence-electron chi connectivity index (χ0n) is 19.6. The minimum atomic E-state index is -0.548. The molecule has 0 radical (unpaired) electrons. The van der Waals surface area contributed by atoms with Crippen LogP contribution < -0.4 is 20.3 Å². The number of amides is 2. The molecule has 0 aliphatic heterocycles. The van der Waals surface area contributed by atoms with E-state index in [2.05, 4.69) is 21.1 Å². The molecule has 0 aromatic heterocycles. The highest BCUT2D eigenvalue weighted by Crippen LogP contribution is 2.14. The van der Waals surface area contributed by atoms with Gasteiger partial charge in [-0.25, -0.2) is 15.6 Å². The summed E-state index contributed by atoms with van der Waals surface area (Å²) < 4.78 is 11.5. The van der Waals surface area contributed by atoms with Crippen LogP contribution in [0.4, 0.5) is 4.79 Å². The normalized spacial score (nSPS) is 10.9. The Bertz CT molecular complexity index is 1170. The highest BCUT2D eigenvalue weighted by molar-refractivity contribution is 5.83. The topological polar surface area (TPSA) is 84.3 Å². The molecule has 180 valence electrons. The molecule has 36 heavy (non-hydrogen) atoms. The summed E-state index contributed by atoms with van der Waals surface area (Å²) in [5, 5.41) is 7.86. The summed E-state index contributed by atoms with van der Waals surface area (Å²) in [7, 11) is 0. The second-order valence-corrected chi connectivity index (χ2v) is 7.76. The minimum Gasteiger partial charge on any atom is -0.489 e. The summed E-state index contributed by atoms with van der Waals surface area (Å²) in [5.74, 6) is 1.51. The minimum absolute atomic E-state index is 0.503. The zero-order chi connectivity index (χ0) is 24.8. The third kappa shape index (κ3) is 8.14. The Kier molecular flexibility index (Phi) is 8.81. The first-order chi connectivity index (χ1) is 17.7. The molecular formula is C29H26N4O3. The third-order valence-electron chi connectivity index (χ3n) is 5.02. The highest BCUT2D eigenvalue weighted by atomic mass is 16.5. The monoisotopic (exact) mass is 478 g/mol. The van der Waals surface area contributed by atoms with Gasteiger partial charge in [0.1, 0.15) is 24.7 Å². The maximum absolute atomic E-state index is 11.9. The van der Waals surface area contributed by atoms with Gasteiger partial charge in [-0.3, -0.25) is 0 Å². The number of benzene rings is 4. The van der Waals surface area contributed by atoms with Gasteiger partial charge in [-0.05, 0) is 70.8 Å². The maximum atomic E-state index is 11.9. The van der Waals surface area contributed by atoms with Crippen LogP contribution >= 0.6 is 0 Å².